The molecule has 0 aliphatic heterocycles. The molecule has 0 atom stereocenters. The number of hydrogen-bond acceptors (Lipinski definition) is 3. The second-order valence-corrected chi connectivity index (χ2v) is 4.94. The van der Waals surface area contributed by atoms with Crippen LogP contribution in [0.1, 0.15) is 5.56 Å². The van der Waals surface area contributed by atoms with Crippen LogP contribution < -0.4 is 5.32 Å². The summed E-state index contributed by atoms with van der Waals surface area (Å²) in [6.07, 6.45) is 5.11. The van der Waals surface area contributed by atoms with E-state index in [2.05, 4.69) is 31.3 Å². The predicted octanol–water partition coefficient (Wildman–Crippen LogP) is 3.24. The molecule has 0 unspecified atom stereocenters. The number of nitrogens with zero attached hydrogens (tertiary/aromatic N) is 3. The van der Waals surface area contributed by atoms with Gasteiger partial charge >= 0.3 is 0 Å². The van der Waals surface area contributed by atoms with Gasteiger partial charge in [-0.15, -0.1) is 0 Å². The van der Waals surface area contributed by atoms with E-state index < -0.39 is 0 Å². The third kappa shape index (κ3) is 2.44. The highest BCUT2D eigenvalue weighted by atomic mass is 79.9. The highest BCUT2D eigenvalue weighted by molar-refractivity contribution is 9.10. The van der Waals surface area contributed by atoms with Crippen LogP contribution in [-0.4, -0.2) is 14.6 Å². The Morgan fingerprint density at radius 2 is 2.16 bits per heavy atom. The first kappa shape index (κ1) is 12.1. The number of hydrogen-bond donors (Lipinski definition) is 1. The van der Waals surface area contributed by atoms with Crippen LogP contribution in [0, 0.1) is 5.82 Å². The fourth-order valence-electron chi connectivity index (χ4n) is 1.85. The third-order valence-electron chi connectivity index (χ3n) is 2.78. The Kier molecular flexibility index (Phi) is 3.16. The van der Waals surface area contributed by atoms with Gasteiger partial charge in [0.1, 0.15) is 11.3 Å². The summed E-state index contributed by atoms with van der Waals surface area (Å²) in [5.74, 6) is 0.440. The number of anilines is 1. The van der Waals surface area contributed by atoms with Crippen molar-refractivity contribution in [2.75, 3.05) is 5.32 Å². The van der Waals surface area contributed by atoms with Crippen molar-refractivity contribution in [2.24, 2.45) is 0 Å². The Bertz CT molecular complexity index is 725. The normalized spacial score (nSPS) is 10.8. The molecule has 6 heteroatoms. The molecule has 1 aromatic carbocycles. The van der Waals surface area contributed by atoms with E-state index in [-0.39, 0.29) is 5.82 Å². The van der Waals surface area contributed by atoms with Gasteiger partial charge < -0.3 is 5.32 Å². The summed E-state index contributed by atoms with van der Waals surface area (Å²) in [4.78, 5) is 4.24. The molecule has 19 heavy (non-hydrogen) atoms. The standard InChI is InChI=1S/C13H10BrFN4/c14-10-1-2-11(15)9(7-10)8-17-13-12-3-4-18-19(12)6-5-16-13/h1-7H,8H2,(H,16,17). The van der Waals surface area contributed by atoms with Crippen LogP contribution in [0.3, 0.4) is 0 Å². The zero-order chi connectivity index (χ0) is 13.2. The van der Waals surface area contributed by atoms with Crippen molar-refractivity contribution < 1.29 is 4.39 Å². The van der Waals surface area contributed by atoms with Crippen LogP contribution in [0.15, 0.2) is 47.3 Å². The summed E-state index contributed by atoms with van der Waals surface area (Å²) in [7, 11) is 0. The first-order valence-electron chi connectivity index (χ1n) is 5.70. The number of rotatable bonds is 3. The van der Waals surface area contributed by atoms with Crippen molar-refractivity contribution >= 4 is 27.3 Å². The molecule has 1 N–H and O–H groups in total. The van der Waals surface area contributed by atoms with Gasteiger partial charge in [0.2, 0.25) is 0 Å². The summed E-state index contributed by atoms with van der Waals surface area (Å²) < 4.78 is 16.2. The smallest absolute Gasteiger partial charge is 0.152 e. The van der Waals surface area contributed by atoms with Crippen LogP contribution in [0.2, 0.25) is 0 Å². The maximum Gasteiger partial charge on any atom is 0.152 e. The molecular weight excluding hydrogens is 311 g/mol. The molecule has 0 saturated carbocycles. The molecule has 2 heterocycles. The Labute approximate surface area is 117 Å². The summed E-state index contributed by atoms with van der Waals surface area (Å²) in [5.41, 5.74) is 1.44. The van der Waals surface area contributed by atoms with Crippen LogP contribution >= 0.6 is 15.9 Å². The monoisotopic (exact) mass is 320 g/mol. The lowest BCUT2D eigenvalue weighted by atomic mass is 10.2. The number of aromatic nitrogens is 3. The molecule has 3 rings (SSSR count). The van der Waals surface area contributed by atoms with Crippen molar-refractivity contribution in [3.8, 4) is 0 Å². The lowest BCUT2D eigenvalue weighted by Crippen LogP contribution is -2.05. The Morgan fingerprint density at radius 3 is 3.05 bits per heavy atom. The van der Waals surface area contributed by atoms with E-state index in [1.807, 2.05) is 6.07 Å². The maximum atomic E-state index is 13.6. The van der Waals surface area contributed by atoms with E-state index in [1.165, 1.54) is 6.07 Å². The van der Waals surface area contributed by atoms with Crippen LogP contribution in [0.25, 0.3) is 5.52 Å². The van der Waals surface area contributed by atoms with Crippen LogP contribution in [0.5, 0.6) is 0 Å². The zero-order valence-corrected chi connectivity index (χ0v) is 11.4. The molecule has 0 fully saturated rings. The molecule has 96 valence electrons. The SMILES string of the molecule is Fc1ccc(Br)cc1CNc1nccn2nccc12. The molecule has 0 aliphatic rings. The molecule has 0 radical (unpaired) electrons. The van der Waals surface area contributed by atoms with E-state index in [1.54, 1.807) is 35.2 Å². The highest BCUT2D eigenvalue weighted by Crippen LogP contribution is 2.18. The number of halogens is 2. The van der Waals surface area contributed by atoms with Crippen molar-refractivity contribution in [2.45, 2.75) is 6.54 Å². The van der Waals surface area contributed by atoms with Crippen molar-refractivity contribution in [1.82, 2.24) is 14.6 Å². The molecule has 3 aromatic rings. The van der Waals surface area contributed by atoms with Crippen LogP contribution in [-0.2, 0) is 6.54 Å². The average Bonchev–Trinajstić information content (AvgIpc) is 2.88. The quantitative estimate of drug-likeness (QED) is 0.805. The van der Waals surface area contributed by atoms with Gasteiger partial charge in [0.05, 0.1) is 6.20 Å². The fraction of sp³-hybridized carbons (Fsp3) is 0.0769. The van der Waals surface area contributed by atoms with E-state index >= 15 is 0 Å². The van der Waals surface area contributed by atoms with Gasteiger partial charge in [-0.2, -0.15) is 5.10 Å². The Balaban J connectivity index is 1.86. The van der Waals surface area contributed by atoms with E-state index in [0.29, 0.717) is 17.9 Å². The summed E-state index contributed by atoms with van der Waals surface area (Å²) in [5, 5.41) is 7.25. The van der Waals surface area contributed by atoms with E-state index in [9.17, 15) is 4.39 Å². The molecule has 0 spiro atoms. The second-order valence-electron chi connectivity index (χ2n) is 4.03. The van der Waals surface area contributed by atoms with Gasteiger partial charge in [0.15, 0.2) is 5.82 Å². The molecule has 2 aromatic heterocycles. The summed E-state index contributed by atoms with van der Waals surface area (Å²) in [6.45, 7) is 0.364. The molecule has 4 nitrogen and oxygen atoms in total. The first-order valence-corrected chi connectivity index (χ1v) is 6.49. The van der Waals surface area contributed by atoms with Gasteiger partial charge in [-0.1, -0.05) is 15.9 Å². The van der Waals surface area contributed by atoms with Gasteiger partial charge in [0.25, 0.3) is 0 Å². The van der Waals surface area contributed by atoms with E-state index in [4.69, 9.17) is 0 Å². The molecule has 0 amide bonds. The predicted molar refractivity (Wildman–Crippen MR) is 74.4 cm³/mol. The summed E-state index contributed by atoms with van der Waals surface area (Å²) >= 11 is 3.33. The molecular formula is C13H10BrFN4. The second kappa shape index (κ2) is 4.97. The maximum absolute atomic E-state index is 13.6. The van der Waals surface area contributed by atoms with Gasteiger partial charge in [-0.3, -0.25) is 0 Å². The minimum atomic E-state index is -0.240. The number of fused-ring (bicyclic) bond motifs is 1. The lowest BCUT2D eigenvalue weighted by molar-refractivity contribution is 0.612. The molecule has 0 aliphatic carbocycles. The average molecular weight is 321 g/mol. The van der Waals surface area contributed by atoms with Gasteiger partial charge in [0, 0.05) is 29.0 Å². The lowest BCUT2D eigenvalue weighted by Gasteiger charge is -2.08. The van der Waals surface area contributed by atoms with Crippen LogP contribution in [0.4, 0.5) is 10.2 Å². The largest absolute Gasteiger partial charge is 0.364 e. The van der Waals surface area contributed by atoms with Crippen molar-refractivity contribution in [1.29, 1.82) is 0 Å². The molecule has 0 bridgehead atoms. The third-order valence-corrected chi connectivity index (χ3v) is 3.27. The van der Waals surface area contributed by atoms with E-state index in [0.717, 1.165) is 9.99 Å². The molecule has 0 saturated heterocycles. The van der Waals surface area contributed by atoms with Crippen molar-refractivity contribution in [3.63, 3.8) is 0 Å². The Morgan fingerprint density at radius 1 is 1.26 bits per heavy atom. The number of benzene rings is 1. The number of nitrogens with one attached hydrogen (secondary N) is 1. The fourth-order valence-corrected chi connectivity index (χ4v) is 2.26. The van der Waals surface area contributed by atoms with Crippen molar-refractivity contribution in [3.05, 3.63) is 58.7 Å². The first-order chi connectivity index (χ1) is 9.24. The zero-order valence-electron chi connectivity index (χ0n) is 9.85. The summed E-state index contributed by atoms with van der Waals surface area (Å²) in [6, 6.07) is 6.72. The Hall–Kier alpha value is -1.95. The minimum absolute atomic E-state index is 0.240. The van der Waals surface area contributed by atoms with Gasteiger partial charge in [-0.05, 0) is 24.3 Å². The highest BCUT2D eigenvalue weighted by Gasteiger charge is 2.06. The topological polar surface area (TPSA) is 42.2 Å². The minimum Gasteiger partial charge on any atom is -0.364 e. The van der Waals surface area contributed by atoms with Gasteiger partial charge in [-0.25, -0.2) is 13.9 Å².